The maximum atomic E-state index is 13.6. The molecule has 0 saturated carbocycles. The third-order valence-electron chi connectivity index (χ3n) is 5.67. The maximum absolute atomic E-state index is 13.6. The second-order valence-electron chi connectivity index (χ2n) is 8.23. The number of rotatable bonds is 7. The summed E-state index contributed by atoms with van der Waals surface area (Å²) in [7, 11) is 0. The second-order valence-corrected chi connectivity index (χ2v) is 9.42. The number of carbonyl (C=O) groups excluding carboxylic acids is 2. The fourth-order valence-electron chi connectivity index (χ4n) is 3.80. The number of halogens is 1. The maximum Gasteiger partial charge on any atom is 0.264 e. The van der Waals surface area contributed by atoms with Crippen molar-refractivity contribution in [1.82, 2.24) is 5.32 Å². The van der Waals surface area contributed by atoms with Gasteiger partial charge in [-0.25, -0.2) is 4.39 Å². The first-order valence-electron chi connectivity index (χ1n) is 11.2. The van der Waals surface area contributed by atoms with Gasteiger partial charge in [0.15, 0.2) is 0 Å². The third-order valence-corrected chi connectivity index (χ3v) is 6.94. The summed E-state index contributed by atoms with van der Waals surface area (Å²) < 4.78 is 13.6. The topological polar surface area (TPSA) is 73.2 Å². The molecular weight excluding hydrogens is 461 g/mol. The van der Waals surface area contributed by atoms with Crippen LogP contribution in [0.15, 0.2) is 89.5 Å². The molecule has 4 rings (SSSR count). The van der Waals surface area contributed by atoms with Crippen molar-refractivity contribution in [3.63, 3.8) is 0 Å². The number of nitrogens with zero attached hydrogens (tertiary/aromatic N) is 2. The van der Waals surface area contributed by atoms with Crippen molar-refractivity contribution in [3.8, 4) is 6.07 Å². The summed E-state index contributed by atoms with van der Waals surface area (Å²) in [4.78, 5) is 27.8. The number of anilines is 1. The molecule has 1 atom stereocenters. The van der Waals surface area contributed by atoms with E-state index < -0.39 is 17.0 Å². The highest BCUT2D eigenvalue weighted by Gasteiger charge is 2.40. The highest BCUT2D eigenvalue weighted by molar-refractivity contribution is 8.05. The van der Waals surface area contributed by atoms with Crippen molar-refractivity contribution in [3.05, 3.63) is 112 Å². The fourth-order valence-corrected chi connectivity index (χ4v) is 5.11. The van der Waals surface area contributed by atoms with E-state index >= 15 is 0 Å². The lowest BCUT2D eigenvalue weighted by molar-refractivity contribution is -0.117. The Kier molecular flexibility index (Phi) is 7.64. The number of hydrogen-bond acceptors (Lipinski definition) is 4. The lowest BCUT2D eigenvalue weighted by Crippen LogP contribution is -2.32. The molecule has 35 heavy (non-hydrogen) atoms. The van der Waals surface area contributed by atoms with Crippen molar-refractivity contribution >= 4 is 29.3 Å². The Morgan fingerprint density at radius 1 is 1.03 bits per heavy atom. The molecule has 1 fully saturated rings. The summed E-state index contributed by atoms with van der Waals surface area (Å²) in [6.07, 6.45) is 1.06. The number of nitrogens with one attached hydrogen (secondary N) is 1. The van der Waals surface area contributed by atoms with Crippen molar-refractivity contribution in [2.24, 2.45) is 0 Å². The molecule has 176 valence electrons. The van der Waals surface area contributed by atoms with Crippen LogP contribution >= 0.6 is 11.8 Å². The Balaban J connectivity index is 1.61. The molecule has 1 unspecified atom stereocenters. The summed E-state index contributed by atoms with van der Waals surface area (Å²) in [6.45, 7) is 2.34. The summed E-state index contributed by atoms with van der Waals surface area (Å²) in [5.74, 6) is -1.22. The van der Waals surface area contributed by atoms with E-state index in [4.69, 9.17) is 0 Å². The van der Waals surface area contributed by atoms with E-state index in [1.54, 1.807) is 0 Å². The van der Waals surface area contributed by atoms with Gasteiger partial charge in [0, 0.05) is 12.2 Å². The standard InChI is InChI=1S/C28H24FN3O2S/c1-19-7-9-21(10-8-19)17-25-27(34)32(23-13-11-22(29)12-14-23)28(35-25)24(18-30)26(33)31-16-15-20-5-3-2-4-6-20/h2-14,25H,15-17H2,1H3,(H,31,33)/b28-24-. The van der Waals surface area contributed by atoms with E-state index in [2.05, 4.69) is 5.32 Å². The molecule has 1 aliphatic heterocycles. The van der Waals surface area contributed by atoms with Crippen LogP contribution in [0.2, 0.25) is 0 Å². The number of nitriles is 1. The van der Waals surface area contributed by atoms with Gasteiger partial charge in [-0.15, -0.1) is 0 Å². The molecule has 0 aromatic heterocycles. The van der Waals surface area contributed by atoms with Gasteiger partial charge in [0.25, 0.3) is 5.91 Å². The van der Waals surface area contributed by atoms with Crippen molar-refractivity contribution < 1.29 is 14.0 Å². The molecule has 1 aliphatic rings. The average Bonchev–Trinajstić information content (AvgIpc) is 3.17. The Labute approximate surface area is 208 Å². The van der Waals surface area contributed by atoms with Gasteiger partial charge in [0.05, 0.1) is 5.25 Å². The van der Waals surface area contributed by atoms with Crippen LogP contribution in [0.5, 0.6) is 0 Å². The van der Waals surface area contributed by atoms with Gasteiger partial charge in [0.2, 0.25) is 5.91 Å². The molecule has 1 heterocycles. The zero-order valence-corrected chi connectivity index (χ0v) is 20.0. The van der Waals surface area contributed by atoms with Crippen LogP contribution in [0, 0.1) is 24.1 Å². The molecule has 2 amide bonds. The van der Waals surface area contributed by atoms with Gasteiger partial charge in [-0.2, -0.15) is 5.26 Å². The van der Waals surface area contributed by atoms with Gasteiger partial charge in [-0.05, 0) is 55.2 Å². The molecule has 3 aromatic carbocycles. The predicted octanol–water partition coefficient (Wildman–Crippen LogP) is 4.92. The molecule has 0 radical (unpaired) electrons. The molecule has 1 N–H and O–H groups in total. The number of thioether (sulfide) groups is 1. The Hall–Kier alpha value is -3.89. The van der Waals surface area contributed by atoms with E-state index in [0.29, 0.717) is 25.1 Å². The number of hydrogen-bond donors (Lipinski definition) is 1. The highest BCUT2D eigenvalue weighted by atomic mass is 32.2. The molecule has 1 saturated heterocycles. The van der Waals surface area contributed by atoms with E-state index in [0.717, 1.165) is 16.7 Å². The Morgan fingerprint density at radius 3 is 2.37 bits per heavy atom. The summed E-state index contributed by atoms with van der Waals surface area (Å²) >= 11 is 1.19. The minimum absolute atomic E-state index is 0.132. The van der Waals surface area contributed by atoms with E-state index in [1.165, 1.54) is 40.9 Å². The monoisotopic (exact) mass is 485 g/mol. The summed E-state index contributed by atoms with van der Waals surface area (Å²) in [6, 6.07) is 25.1. The lowest BCUT2D eigenvalue weighted by Gasteiger charge is -2.18. The van der Waals surface area contributed by atoms with Gasteiger partial charge in [-0.1, -0.05) is 71.9 Å². The second kappa shape index (κ2) is 11.0. The van der Waals surface area contributed by atoms with Crippen LogP contribution < -0.4 is 10.2 Å². The molecule has 5 nitrogen and oxygen atoms in total. The number of aryl methyl sites for hydroxylation is 1. The smallest absolute Gasteiger partial charge is 0.264 e. The zero-order valence-electron chi connectivity index (χ0n) is 19.2. The average molecular weight is 486 g/mol. The zero-order chi connectivity index (χ0) is 24.8. The SMILES string of the molecule is Cc1ccc(CC2S/C(=C(/C#N)C(=O)NCCc3ccccc3)N(c3ccc(F)cc3)C2=O)cc1. The summed E-state index contributed by atoms with van der Waals surface area (Å²) in [5, 5.41) is 12.4. The molecule has 0 spiro atoms. The van der Waals surface area contributed by atoms with Gasteiger partial charge < -0.3 is 5.32 Å². The van der Waals surface area contributed by atoms with Gasteiger partial charge in [-0.3, -0.25) is 14.5 Å². The molecule has 0 bridgehead atoms. The molecule has 7 heteroatoms. The van der Waals surface area contributed by atoms with Gasteiger partial charge in [0.1, 0.15) is 22.5 Å². The van der Waals surface area contributed by atoms with Crippen molar-refractivity contribution in [1.29, 1.82) is 5.26 Å². The molecular formula is C28H24FN3O2S. The third kappa shape index (κ3) is 5.79. The number of amides is 2. The summed E-state index contributed by atoms with van der Waals surface area (Å²) in [5.41, 5.74) is 3.44. The Morgan fingerprint density at radius 2 is 1.71 bits per heavy atom. The first-order valence-corrected chi connectivity index (χ1v) is 12.1. The van der Waals surface area contributed by atoms with E-state index in [1.807, 2.05) is 67.6 Å². The molecule has 3 aromatic rings. The quantitative estimate of drug-likeness (QED) is 0.381. The van der Waals surface area contributed by atoms with Crippen LogP contribution in [0.4, 0.5) is 10.1 Å². The van der Waals surface area contributed by atoms with Crippen molar-refractivity contribution in [2.45, 2.75) is 25.0 Å². The van der Waals surface area contributed by atoms with Gasteiger partial charge >= 0.3 is 0 Å². The largest absolute Gasteiger partial charge is 0.351 e. The van der Waals surface area contributed by atoms with Crippen molar-refractivity contribution in [2.75, 3.05) is 11.4 Å². The minimum atomic E-state index is -0.540. The van der Waals surface area contributed by atoms with Crippen LogP contribution in [0.1, 0.15) is 16.7 Å². The predicted molar refractivity (Wildman–Crippen MR) is 136 cm³/mol. The number of carbonyl (C=O) groups is 2. The van der Waals surface area contributed by atoms with E-state index in [-0.39, 0.29) is 16.5 Å². The number of benzene rings is 3. The molecule has 0 aliphatic carbocycles. The minimum Gasteiger partial charge on any atom is -0.351 e. The van der Waals surface area contributed by atoms with Crippen LogP contribution in [-0.4, -0.2) is 23.6 Å². The van der Waals surface area contributed by atoms with Crippen LogP contribution in [0.25, 0.3) is 0 Å². The highest BCUT2D eigenvalue weighted by Crippen LogP contribution is 2.42. The van der Waals surface area contributed by atoms with E-state index in [9.17, 15) is 19.2 Å². The first-order chi connectivity index (χ1) is 17.0. The Bertz CT molecular complexity index is 1280. The van der Waals surface area contributed by atoms with Crippen LogP contribution in [-0.2, 0) is 22.4 Å². The normalized spacial score (nSPS) is 16.7. The van der Waals surface area contributed by atoms with Crippen LogP contribution in [0.3, 0.4) is 0 Å². The lowest BCUT2D eigenvalue weighted by atomic mass is 10.1. The first kappa shape index (κ1) is 24.2. The fraction of sp³-hybridized carbons (Fsp3) is 0.179.